The number of pyridine rings is 1. The number of ether oxygens (including phenoxy) is 1. The summed E-state index contributed by atoms with van der Waals surface area (Å²) in [6.07, 6.45) is 6.87. The summed E-state index contributed by atoms with van der Waals surface area (Å²) in [7, 11) is 0. The number of nitrogens with two attached hydrogens (primary N) is 1. The van der Waals surface area contributed by atoms with E-state index in [1.807, 2.05) is 17.0 Å². The second-order valence-electron chi connectivity index (χ2n) is 5.65. The number of hydrogen-bond donors (Lipinski definition) is 1. The minimum Gasteiger partial charge on any atom is -0.492 e. The lowest BCUT2D eigenvalue weighted by molar-refractivity contribution is -0.136. The van der Waals surface area contributed by atoms with Crippen molar-refractivity contribution in [3.63, 3.8) is 0 Å². The summed E-state index contributed by atoms with van der Waals surface area (Å²) < 4.78 is 5.56. The SMILES string of the molecule is C[C@@H]1CCCN(C(=O)CCCOc2cccnc2)[C@@H]1CN. The fourth-order valence-electron chi connectivity index (χ4n) is 2.91. The standard InChI is InChI=1S/C16H25N3O2/c1-13-5-3-9-19(15(13)11-17)16(20)7-4-10-21-14-6-2-8-18-12-14/h2,6,8,12-13,15H,3-5,7,9-11,17H2,1H3/t13-,15-/m1/s1. The second kappa shape index (κ2) is 7.98. The van der Waals surface area contributed by atoms with Crippen molar-refractivity contribution < 1.29 is 9.53 Å². The van der Waals surface area contributed by atoms with Gasteiger partial charge in [0.2, 0.25) is 5.91 Å². The van der Waals surface area contributed by atoms with Crippen LogP contribution in [0.4, 0.5) is 0 Å². The van der Waals surface area contributed by atoms with Gasteiger partial charge in [0.25, 0.3) is 0 Å². The van der Waals surface area contributed by atoms with E-state index in [0.717, 1.165) is 31.6 Å². The van der Waals surface area contributed by atoms with Crippen molar-refractivity contribution in [3.05, 3.63) is 24.5 Å². The topological polar surface area (TPSA) is 68.5 Å². The Hall–Kier alpha value is -1.62. The Kier molecular flexibility index (Phi) is 5.99. The molecule has 0 unspecified atom stereocenters. The zero-order valence-corrected chi connectivity index (χ0v) is 12.7. The number of hydrogen-bond acceptors (Lipinski definition) is 4. The van der Waals surface area contributed by atoms with Crippen LogP contribution in [-0.2, 0) is 4.79 Å². The molecular weight excluding hydrogens is 266 g/mol. The third-order valence-corrected chi connectivity index (χ3v) is 4.12. The summed E-state index contributed by atoms with van der Waals surface area (Å²) in [5.74, 6) is 1.45. The first-order chi connectivity index (χ1) is 10.2. The molecule has 0 radical (unpaired) electrons. The average Bonchev–Trinajstić information content (AvgIpc) is 2.52. The number of aromatic nitrogens is 1. The fourth-order valence-corrected chi connectivity index (χ4v) is 2.91. The van der Waals surface area contributed by atoms with Crippen LogP contribution >= 0.6 is 0 Å². The highest BCUT2D eigenvalue weighted by Gasteiger charge is 2.30. The molecule has 1 aliphatic rings. The van der Waals surface area contributed by atoms with E-state index >= 15 is 0 Å². The van der Waals surface area contributed by atoms with Gasteiger partial charge >= 0.3 is 0 Å². The first-order valence-corrected chi connectivity index (χ1v) is 7.74. The Labute approximate surface area is 126 Å². The number of rotatable bonds is 6. The van der Waals surface area contributed by atoms with Gasteiger partial charge in [0.05, 0.1) is 12.8 Å². The van der Waals surface area contributed by atoms with Crippen LogP contribution in [-0.4, -0.2) is 41.5 Å². The van der Waals surface area contributed by atoms with Gasteiger partial charge in [-0.15, -0.1) is 0 Å². The van der Waals surface area contributed by atoms with Crippen LogP contribution in [0.2, 0.25) is 0 Å². The molecule has 1 amide bonds. The maximum absolute atomic E-state index is 12.3. The van der Waals surface area contributed by atoms with E-state index in [9.17, 15) is 4.79 Å². The van der Waals surface area contributed by atoms with Gasteiger partial charge in [-0.05, 0) is 37.3 Å². The van der Waals surface area contributed by atoms with Gasteiger partial charge in [-0.2, -0.15) is 0 Å². The van der Waals surface area contributed by atoms with Crippen LogP contribution in [0.1, 0.15) is 32.6 Å². The Morgan fingerprint density at radius 2 is 2.43 bits per heavy atom. The Balaban J connectivity index is 1.73. The molecule has 116 valence electrons. The summed E-state index contributed by atoms with van der Waals surface area (Å²) in [4.78, 5) is 18.3. The molecule has 2 rings (SSSR count). The van der Waals surface area contributed by atoms with Gasteiger partial charge in [-0.25, -0.2) is 0 Å². The van der Waals surface area contributed by atoms with Gasteiger partial charge in [-0.1, -0.05) is 6.92 Å². The maximum atomic E-state index is 12.3. The Morgan fingerprint density at radius 3 is 3.14 bits per heavy atom. The molecule has 0 spiro atoms. The molecule has 2 heterocycles. The monoisotopic (exact) mass is 291 g/mol. The molecule has 21 heavy (non-hydrogen) atoms. The molecular formula is C16H25N3O2. The van der Waals surface area contributed by atoms with E-state index < -0.39 is 0 Å². The van der Waals surface area contributed by atoms with Crippen LogP contribution in [0.15, 0.2) is 24.5 Å². The van der Waals surface area contributed by atoms with E-state index in [0.29, 0.717) is 25.5 Å². The lowest BCUT2D eigenvalue weighted by Gasteiger charge is -2.39. The number of carbonyl (C=O) groups excluding carboxylic acids is 1. The summed E-state index contributed by atoms with van der Waals surface area (Å²) in [6.45, 7) is 4.12. The fraction of sp³-hybridized carbons (Fsp3) is 0.625. The molecule has 0 aliphatic carbocycles. The first kappa shape index (κ1) is 15.8. The number of carbonyl (C=O) groups is 1. The second-order valence-corrected chi connectivity index (χ2v) is 5.65. The summed E-state index contributed by atoms with van der Waals surface area (Å²) in [6, 6.07) is 3.90. The predicted octanol–water partition coefficient (Wildman–Crippen LogP) is 1.83. The molecule has 2 N–H and O–H groups in total. The molecule has 1 aromatic heterocycles. The van der Waals surface area contributed by atoms with Crippen molar-refractivity contribution in [2.24, 2.45) is 11.7 Å². The van der Waals surface area contributed by atoms with Crippen LogP contribution in [0.25, 0.3) is 0 Å². The number of nitrogens with zero attached hydrogens (tertiary/aromatic N) is 2. The molecule has 0 aromatic carbocycles. The van der Waals surface area contributed by atoms with Crippen LogP contribution in [0.3, 0.4) is 0 Å². The van der Waals surface area contributed by atoms with Crippen molar-refractivity contribution in [2.75, 3.05) is 19.7 Å². The molecule has 0 bridgehead atoms. The largest absolute Gasteiger partial charge is 0.492 e. The molecule has 5 heteroatoms. The van der Waals surface area contributed by atoms with Crippen LogP contribution in [0, 0.1) is 5.92 Å². The number of amides is 1. The van der Waals surface area contributed by atoms with Gasteiger partial charge in [0.1, 0.15) is 5.75 Å². The quantitative estimate of drug-likeness (QED) is 0.812. The smallest absolute Gasteiger partial charge is 0.222 e. The van der Waals surface area contributed by atoms with Crippen LogP contribution in [0.5, 0.6) is 5.75 Å². The minimum absolute atomic E-state index is 0.200. The highest BCUT2D eigenvalue weighted by Crippen LogP contribution is 2.23. The summed E-state index contributed by atoms with van der Waals surface area (Å²) >= 11 is 0. The van der Waals surface area contributed by atoms with Crippen molar-refractivity contribution in [1.82, 2.24) is 9.88 Å². The highest BCUT2D eigenvalue weighted by atomic mass is 16.5. The van der Waals surface area contributed by atoms with E-state index in [-0.39, 0.29) is 11.9 Å². The lowest BCUT2D eigenvalue weighted by atomic mass is 9.90. The van der Waals surface area contributed by atoms with Crippen LogP contribution < -0.4 is 10.5 Å². The predicted molar refractivity (Wildman–Crippen MR) is 81.9 cm³/mol. The van der Waals surface area contributed by atoms with Crippen molar-refractivity contribution >= 4 is 5.91 Å². The van der Waals surface area contributed by atoms with Gasteiger partial charge in [0.15, 0.2) is 0 Å². The van der Waals surface area contributed by atoms with Gasteiger partial charge in [0, 0.05) is 31.7 Å². The highest BCUT2D eigenvalue weighted by molar-refractivity contribution is 5.76. The van der Waals surface area contributed by atoms with E-state index in [4.69, 9.17) is 10.5 Å². The summed E-state index contributed by atoms with van der Waals surface area (Å²) in [5.41, 5.74) is 5.83. The third kappa shape index (κ3) is 4.43. The van der Waals surface area contributed by atoms with Crippen molar-refractivity contribution in [3.8, 4) is 5.75 Å². The Morgan fingerprint density at radius 1 is 1.57 bits per heavy atom. The average molecular weight is 291 g/mol. The number of likely N-dealkylation sites (tertiary alicyclic amines) is 1. The minimum atomic E-state index is 0.200. The number of piperidine rings is 1. The van der Waals surface area contributed by atoms with Crippen molar-refractivity contribution in [2.45, 2.75) is 38.6 Å². The molecule has 5 nitrogen and oxygen atoms in total. The molecule has 1 fully saturated rings. The maximum Gasteiger partial charge on any atom is 0.222 e. The molecule has 1 aromatic rings. The molecule has 1 saturated heterocycles. The lowest BCUT2D eigenvalue weighted by Crippen LogP contribution is -2.51. The summed E-state index contributed by atoms with van der Waals surface area (Å²) in [5, 5.41) is 0. The first-order valence-electron chi connectivity index (χ1n) is 7.74. The molecule has 1 aliphatic heterocycles. The molecule has 2 atom stereocenters. The molecule has 0 saturated carbocycles. The zero-order chi connectivity index (χ0) is 15.1. The van der Waals surface area contributed by atoms with Gasteiger partial charge < -0.3 is 15.4 Å². The zero-order valence-electron chi connectivity index (χ0n) is 12.7. The normalized spacial score (nSPS) is 22.1. The third-order valence-electron chi connectivity index (χ3n) is 4.12. The van der Waals surface area contributed by atoms with Gasteiger partial charge in [-0.3, -0.25) is 9.78 Å². The van der Waals surface area contributed by atoms with Crippen molar-refractivity contribution in [1.29, 1.82) is 0 Å². The van der Waals surface area contributed by atoms with E-state index in [2.05, 4.69) is 11.9 Å². The Bertz CT molecular complexity index is 438. The van der Waals surface area contributed by atoms with E-state index in [1.54, 1.807) is 12.4 Å². The van der Waals surface area contributed by atoms with E-state index in [1.165, 1.54) is 0 Å².